The third-order valence-corrected chi connectivity index (χ3v) is 6.77. The lowest BCUT2D eigenvalue weighted by Gasteiger charge is -2.39. The lowest BCUT2D eigenvalue weighted by Crippen LogP contribution is -2.54. The number of aliphatic hydroxyl groups excluding tert-OH is 1. The Morgan fingerprint density at radius 1 is 1.44 bits per heavy atom. The third-order valence-electron chi connectivity index (χ3n) is 6.41. The Bertz CT molecular complexity index is 1020. The molecular formula is C24H32ClF2N3O4. The second kappa shape index (κ2) is 11.0. The maximum Gasteiger partial charge on any atom is 0.387 e. The Morgan fingerprint density at radius 3 is 2.82 bits per heavy atom. The van der Waals surface area contributed by atoms with E-state index in [0.29, 0.717) is 12.8 Å². The molecule has 1 fully saturated rings. The molecule has 1 saturated carbocycles. The molecule has 1 aliphatic rings. The molecule has 188 valence electrons. The highest BCUT2D eigenvalue weighted by molar-refractivity contribution is 6.36. The minimum atomic E-state index is -3.03. The number of unbranched alkanes of at least 4 members (excludes halogenated alkanes) is 1. The number of hydrogen-bond donors (Lipinski definition) is 3. The molecule has 3 atom stereocenters. The number of rotatable bonds is 9. The van der Waals surface area contributed by atoms with Gasteiger partial charge in [0, 0.05) is 19.2 Å². The summed E-state index contributed by atoms with van der Waals surface area (Å²) in [5, 5.41) is 27.8. The van der Waals surface area contributed by atoms with E-state index in [0.717, 1.165) is 31.2 Å². The largest absolute Gasteiger partial charge is 0.434 e. The predicted molar refractivity (Wildman–Crippen MR) is 125 cm³/mol. The van der Waals surface area contributed by atoms with E-state index >= 15 is 0 Å². The quantitative estimate of drug-likeness (QED) is 0.477. The number of amides is 1. The topological polar surface area (TPSA) is 96.6 Å². The number of carbonyl (C=O) groups excluding carboxylic acids is 1. The summed E-state index contributed by atoms with van der Waals surface area (Å²) in [7, 11) is 1.55. The van der Waals surface area contributed by atoms with Crippen LogP contribution in [0.2, 0.25) is 5.02 Å². The number of benzene rings is 1. The fourth-order valence-corrected chi connectivity index (χ4v) is 4.68. The lowest BCUT2D eigenvalue weighted by molar-refractivity contribution is -0.106. The van der Waals surface area contributed by atoms with Crippen molar-refractivity contribution in [2.45, 2.75) is 70.7 Å². The van der Waals surface area contributed by atoms with E-state index in [1.54, 1.807) is 19.2 Å². The van der Waals surface area contributed by atoms with Crippen molar-refractivity contribution in [1.82, 2.24) is 15.1 Å². The first-order valence-electron chi connectivity index (χ1n) is 11.5. The highest BCUT2D eigenvalue weighted by Gasteiger charge is 2.40. The monoisotopic (exact) mass is 499 g/mol. The van der Waals surface area contributed by atoms with Gasteiger partial charge in [0.25, 0.3) is 5.91 Å². The number of aryl methyl sites for hydroxylation is 2. The summed E-state index contributed by atoms with van der Waals surface area (Å²) in [5.74, 6) is -0.395. The van der Waals surface area contributed by atoms with Gasteiger partial charge in [-0.2, -0.15) is 13.9 Å². The summed E-state index contributed by atoms with van der Waals surface area (Å²) in [6, 6.07) is 5.00. The standard InChI is InChI=1S/C24H32ClF2N3O4/c1-4-5-6-15-7-8-16(17(12-15)34-23(26)27)21-19(25)20(29-30(21)3)22(32)28-13-24(33)10-9-14(2)11-18(24)31/h7-8,12,14,18,23,31,33H,4-6,9-11,13H2,1-3H3,(H,28,32)/t14-,18-,24-/m1/s1. The number of nitrogens with one attached hydrogen (secondary N) is 1. The van der Waals surface area contributed by atoms with Crippen LogP contribution in [0, 0.1) is 5.92 Å². The van der Waals surface area contributed by atoms with E-state index in [9.17, 15) is 23.8 Å². The van der Waals surface area contributed by atoms with Crippen LogP contribution in [0.3, 0.4) is 0 Å². The van der Waals surface area contributed by atoms with Crippen LogP contribution >= 0.6 is 11.6 Å². The van der Waals surface area contributed by atoms with E-state index in [1.165, 1.54) is 4.68 Å². The van der Waals surface area contributed by atoms with Crippen LogP contribution in [-0.2, 0) is 13.5 Å². The van der Waals surface area contributed by atoms with Crippen molar-refractivity contribution < 1.29 is 28.5 Å². The lowest BCUT2D eigenvalue weighted by atomic mass is 9.77. The molecule has 0 unspecified atom stereocenters. The highest BCUT2D eigenvalue weighted by Crippen LogP contribution is 2.38. The van der Waals surface area contributed by atoms with E-state index in [4.69, 9.17) is 16.3 Å². The number of aromatic nitrogens is 2. The van der Waals surface area contributed by atoms with Crippen LogP contribution in [0.5, 0.6) is 5.75 Å². The van der Waals surface area contributed by atoms with E-state index in [-0.39, 0.29) is 40.2 Å². The molecule has 1 aromatic heterocycles. The van der Waals surface area contributed by atoms with Crippen molar-refractivity contribution in [2.24, 2.45) is 13.0 Å². The Balaban J connectivity index is 1.85. The molecule has 34 heavy (non-hydrogen) atoms. The molecule has 0 spiro atoms. The van der Waals surface area contributed by atoms with Crippen LogP contribution in [-0.4, -0.2) is 50.8 Å². The van der Waals surface area contributed by atoms with Crippen LogP contribution < -0.4 is 10.1 Å². The van der Waals surface area contributed by atoms with Crippen LogP contribution in [0.25, 0.3) is 11.3 Å². The van der Waals surface area contributed by atoms with Gasteiger partial charge >= 0.3 is 6.61 Å². The van der Waals surface area contributed by atoms with Gasteiger partial charge < -0.3 is 20.3 Å². The molecule has 0 aliphatic heterocycles. The van der Waals surface area contributed by atoms with Gasteiger partial charge in [-0.1, -0.05) is 37.9 Å². The normalized spacial score (nSPS) is 22.7. The second-order valence-corrected chi connectivity index (χ2v) is 9.51. The minimum Gasteiger partial charge on any atom is -0.434 e. The average Bonchev–Trinajstić information content (AvgIpc) is 3.07. The zero-order valence-corrected chi connectivity index (χ0v) is 20.4. The van der Waals surface area contributed by atoms with Crippen molar-refractivity contribution in [3.8, 4) is 17.0 Å². The fraction of sp³-hybridized carbons (Fsp3) is 0.583. The summed E-state index contributed by atoms with van der Waals surface area (Å²) >= 11 is 6.50. The van der Waals surface area contributed by atoms with Gasteiger partial charge in [0.1, 0.15) is 11.4 Å². The number of carbonyl (C=O) groups is 1. The Hall–Kier alpha value is -2.23. The molecule has 1 aliphatic carbocycles. The van der Waals surface area contributed by atoms with Crippen molar-refractivity contribution >= 4 is 17.5 Å². The number of aliphatic hydroxyl groups is 2. The number of halogens is 3. The first-order chi connectivity index (χ1) is 16.1. The summed E-state index contributed by atoms with van der Waals surface area (Å²) in [6.45, 7) is 0.855. The van der Waals surface area contributed by atoms with Gasteiger partial charge in [0.05, 0.1) is 16.8 Å². The third kappa shape index (κ3) is 5.87. The number of nitrogens with zero attached hydrogens (tertiary/aromatic N) is 2. The van der Waals surface area contributed by atoms with Gasteiger partial charge in [-0.25, -0.2) is 0 Å². The van der Waals surface area contributed by atoms with Crippen molar-refractivity contribution in [3.05, 3.63) is 34.5 Å². The van der Waals surface area contributed by atoms with E-state index < -0.39 is 24.2 Å². The summed E-state index contributed by atoms with van der Waals surface area (Å²) in [4.78, 5) is 12.8. The van der Waals surface area contributed by atoms with Gasteiger partial charge in [0.15, 0.2) is 5.69 Å². The Morgan fingerprint density at radius 2 is 2.18 bits per heavy atom. The highest BCUT2D eigenvalue weighted by atomic mass is 35.5. The van der Waals surface area contributed by atoms with Crippen LogP contribution in [0.4, 0.5) is 8.78 Å². The van der Waals surface area contributed by atoms with E-state index in [1.807, 2.05) is 19.9 Å². The maximum atomic E-state index is 13.1. The average molecular weight is 500 g/mol. The molecule has 0 saturated heterocycles. The second-order valence-electron chi connectivity index (χ2n) is 9.13. The van der Waals surface area contributed by atoms with Crippen molar-refractivity contribution in [1.29, 1.82) is 0 Å². The van der Waals surface area contributed by atoms with Gasteiger partial charge in [0.2, 0.25) is 0 Å². The molecule has 2 aromatic rings. The molecule has 3 N–H and O–H groups in total. The maximum absolute atomic E-state index is 13.1. The van der Waals surface area contributed by atoms with Gasteiger partial charge in [-0.3, -0.25) is 9.48 Å². The molecule has 1 amide bonds. The Labute approximate surface area is 203 Å². The molecule has 1 heterocycles. The molecular weight excluding hydrogens is 468 g/mol. The zero-order chi connectivity index (χ0) is 25.0. The minimum absolute atomic E-state index is 0.0229. The van der Waals surface area contributed by atoms with E-state index in [2.05, 4.69) is 10.4 Å². The molecule has 10 heteroatoms. The van der Waals surface area contributed by atoms with Crippen molar-refractivity contribution in [2.75, 3.05) is 6.54 Å². The van der Waals surface area contributed by atoms with Gasteiger partial charge in [-0.15, -0.1) is 0 Å². The Kier molecular flexibility index (Phi) is 8.54. The molecule has 3 rings (SSSR count). The summed E-state index contributed by atoms with van der Waals surface area (Å²) in [6.07, 6.45) is 3.17. The summed E-state index contributed by atoms with van der Waals surface area (Å²) in [5.41, 5.74) is -0.144. The smallest absolute Gasteiger partial charge is 0.387 e. The zero-order valence-electron chi connectivity index (χ0n) is 19.7. The predicted octanol–water partition coefficient (Wildman–Crippen LogP) is 4.33. The first-order valence-corrected chi connectivity index (χ1v) is 11.9. The number of ether oxygens (including phenoxy) is 1. The fourth-order valence-electron chi connectivity index (χ4n) is 4.33. The molecule has 0 radical (unpaired) electrons. The molecule has 7 nitrogen and oxygen atoms in total. The first kappa shape index (κ1) is 26.4. The summed E-state index contributed by atoms with van der Waals surface area (Å²) < 4.78 is 32.3. The van der Waals surface area contributed by atoms with Crippen LogP contribution in [0.1, 0.15) is 62.0 Å². The SMILES string of the molecule is CCCCc1ccc(-c2c(Cl)c(C(=O)NC[C@]3(O)CC[C@@H](C)C[C@H]3O)nn2C)c(OC(F)F)c1. The molecule has 1 aromatic carbocycles. The number of hydrogen-bond acceptors (Lipinski definition) is 5. The van der Waals surface area contributed by atoms with Crippen molar-refractivity contribution in [3.63, 3.8) is 0 Å². The number of alkyl halides is 2. The van der Waals surface area contributed by atoms with Gasteiger partial charge in [-0.05, 0) is 55.7 Å². The van der Waals surface area contributed by atoms with Crippen LogP contribution in [0.15, 0.2) is 18.2 Å². The molecule has 0 bridgehead atoms.